The van der Waals surface area contributed by atoms with Crippen molar-refractivity contribution in [1.82, 2.24) is 9.88 Å². The Hall–Kier alpha value is -2.22. The number of hydrogen-bond donors (Lipinski definition) is 0. The molecule has 2 aromatic heterocycles. The maximum Gasteiger partial charge on any atom is 0.252 e. The fourth-order valence-electron chi connectivity index (χ4n) is 2.42. The molecule has 1 aromatic carbocycles. The third-order valence-corrected chi connectivity index (χ3v) is 5.67. The molecule has 0 radical (unpaired) electrons. The Morgan fingerprint density at radius 3 is 2.77 bits per heavy atom. The predicted octanol–water partition coefficient (Wildman–Crippen LogP) is 3.97. The minimum Gasteiger partial charge on any atom is -0.494 e. The number of aromatic nitrogens is 1. The van der Waals surface area contributed by atoms with Crippen LogP contribution in [0.15, 0.2) is 41.8 Å². The molecule has 0 unspecified atom stereocenters. The molecule has 3 rings (SSSR count). The maximum absolute atomic E-state index is 12.8. The SMILES string of the molecule is COc1cccc2sc(N(CCN(C)C)C(=O)C=Cc3cccs3)nc12. The second-order valence-corrected chi connectivity index (χ2v) is 7.93. The number of likely N-dealkylation sites (N-methyl/N-ethyl adjacent to an activating group) is 1. The van der Waals surface area contributed by atoms with Crippen LogP contribution in [-0.2, 0) is 4.79 Å². The van der Waals surface area contributed by atoms with Crippen molar-refractivity contribution in [1.29, 1.82) is 0 Å². The largest absolute Gasteiger partial charge is 0.494 e. The van der Waals surface area contributed by atoms with E-state index in [1.807, 2.05) is 55.9 Å². The molecule has 0 bridgehead atoms. The van der Waals surface area contributed by atoms with Gasteiger partial charge in [-0.15, -0.1) is 11.3 Å². The summed E-state index contributed by atoms with van der Waals surface area (Å²) >= 11 is 3.11. The van der Waals surface area contributed by atoms with Crippen LogP contribution in [0.4, 0.5) is 5.13 Å². The molecular weight excluding hydrogens is 366 g/mol. The van der Waals surface area contributed by atoms with Gasteiger partial charge < -0.3 is 9.64 Å². The lowest BCUT2D eigenvalue weighted by atomic mass is 10.3. The first kappa shape index (κ1) is 18.6. The third-order valence-electron chi connectivity index (χ3n) is 3.79. The summed E-state index contributed by atoms with van der Waals surface area (Å²) in [7, 11) is 5.61. The lowest BCUT2D eigenvalue weighted by molar-refractivity contribution is -0.114. The molecule has 136 valence electrons. The standard InChI is InChI=1S/C19H21N3O2S2/c1-21(2)11-12-22(17(23)10-9-14-6-5-13-25-14)19-20-18-15(24-3)7-4-8-16(18)26-19/h4-10,13H,11-12H2,1-3H3. The zero-order chi connectivity index (χ0) is 18.5. The van der Waals surface area contributed by atoms with E-state index in [4.69, 9.17) is 4.74 Å². The molecule has 0 aliphatic rings. The molecule has 0 N–H and O–H groups in total. The number of fused-ring (bicyclic) bond motifs is 1. The average molecular weight is 388 g/mol. The zero-order valence-corrected chi connectivity index (χ0v) is 16.6. The monoisotopic (exact) mass is 387 g/mol. The van der Waals surface area contributed by atoms with Gasteiger partial charge in [0.1, 0.15) is 11.3 Å². The smallest absolute Gasteiger partial charge is 0.252 e. The van der Waals surface area contributed by atoms with E-state index in [1.54, 1.807) is 29.4 Å². The fourth-order valence-corrected chi connectivity index (χ4v) is 4.05. The molecular formula is C19H21N3O2S2. The summed E-state index contributed by atoms with van der Waals surface area (Å²) in [5.41, 5.74) is 0.792. The van der Waals surface area contributed by atoms with Crippen molar-refractivity contribution in [3.63, 3.8) is 0 Å². The quantitative estimate of drug-likeness (QED) is 0.576. The number of benzene rings is 1. The minimum atomic E-state index is -0.0710. The van der Waals surface area contributed by atoms with Gasteiger partial charge in [-0.1, -0.05) is 23.5 Å². The average Bonchev–Trinajstić information content (AvgIpc) is 3.28. The fraction of sp³-hybridized carbons (Fsp3) is 0.263. The molecule has 2 heterocycles. The molecule has 0 aliphatic heterocycles. The van der Waals surface area contributed by atoms with Gasteiger partial charge in [0, 0.05) is 24.0 Å². The van der Waals surface area contributed by atoms with Crippen LogP contribution in [-0.4, -0.2) is 50.1 Å². The van der Waals surface area contributed by atoms with Gasteiger partial charge in [0.15, 0.2) is 5.13 Å². The van der Waals surface area contributed by atoms with Crippen LogP contribution in [0, 0.1) is 0 Å². The Balaban J connectivity index is 1.91. The van der Waals surface area contributed by atoms with E-state index in [0.29, 0.717) is 11.7 Å². The number of amides is 1. The summed E-state index contributed by atoms with van der Waals surface area (Å²) in [5, 5.41) is 2.68. The number of nitrogens with zero attached hydrogens (tertiary/aromatic N) is 3. The van der Waals surface area contributed by atoms with E-state index in [2.05, 4.69) is 9.88 Å². The minimum absolute atomic E-state index is 0.0710. The van der Waals surface area contributed by atoms with Crippen LogP contribution in [0.25, 0.3) is 16.3 Å². The van der Waals surface area contributed by atoms with Gasteiger partial charge in [-0.25, -0.2) is 4.98 Å². The first-order valence-electron chi connectivity index (χ1n) is 8.20. The Labute approximate surface area is 161 Å². The van der Waals surface area contributed by atoms with Crippen molar-refractivity contribution in [2.45, 2.75) is 0 Å². The molecule has 0 saturated carbocycles. The van der Waals surface area contributed by atoms with Gasteiger partial charge in [0.25, 0.3) is 5.91 Å². The molecule has 0 spiro atoms. The number of methoxy groups -OCH3 is 1. The molecule has 5 nitrogen and oxygen atoms in total. The first-order chi connectivity index (χ1) is 12.6. The van der Waals surface area contributed by atoms with Gasteiger partial charge >= 0.3 is 0 Å². The Morgan fingerprint density at radius 2 is 2.08 bits per heavy atom. The number of thiazole rings is 1. The van der Waals surface area contributed by atoms with Crippen LogP contribution in [0.2, 0.25) is 0 Å². The van der Waals surface area contributed by atoms with E-state index < -0.39 is 0 Å². The van der Waals surface area contributed by atoms with Crippen LogP contribution in [0.1, 0.15) is 4.88 Å². The summed E-state index contributed by atoms with van der Waals surface area (Å²) in [6.07, 6.45) is 3.47. The van der Waals surface area contributed by atoms with E-state index >= 15 is 0 Å². The molecule has 7 heteroatoms. The number of carbonyl (C=O) groups excluding carboxylic acids is 1. The highest BCUT2D eigenvalue weighted by molar-refractivity contribution is 7.22. The van der Waals surface area contributed by atoms with E-state index in [1.165, 1.54) is 11.3 Å². The number of hydrogen-bond acceptors (Lipinski definition) is 6. The summed E-state index contributed by atoms with van der Waals surface area (Å²) in [6, 6.07) is 9.77. The number of thiophene rings is 1. The topological polar surface area (TPSA) is 45.7 Å². The van der Waals surface area contributed by atoms with Gasteiger partial charge in [-0.05, 0) is 43.8 Å². The zero-order valence-electron chi connectivity index (χ0n) is 15.0. The highest BCUT2D eigenvalue weighted by Gasteiger charge is 2.19. The third kappa shape index (κ3) is 4.30. The van der Waals surface area contributed by atoms with Crippen molar-refractivity contribution in [3.8, 4) is 5.75 Å². The Morgan fingerprint density at radius 1 is 1.23 bits per heavy atom. The van der Waals surface area contributed by atoms with E-state index in [9.17, 15) is 4.79 Å². The van der Waals surface area contributed by atoms with Crippen LogP contribution < -0.4 is 9.64 Å². The van der Waals surface area contributed by atoms with Crippen molar-refractivity contribution < 1.29 is 9.53 Å². The number of anilines is 1. The second-order valence-electron chi connectivity index (χ2n) is 5.95. The number of rotatable bonds is 7. The molecule has 0 atom stereocenters. The van der Waals surface area contributed by atoms with Crippen molar-refractivity contribution >= 4 is 50.0 Å². The number of para-hydroxylation sites is 1. The molecule has 26 heavy (non-hydrogen) atoms. The lowest BCUT2D eigenvalue weighted by Crippen LogP contribution is -2.35. The van der Waals surface area contributed by atoms with Gasteiger partial charge in [0.2, 0.25) is 0 Å². The van der Waals surface area contributed by atoms with Gasteiger partial charge in [0.05, 0.1) is 11.8 Å². The lowest BCUT2D eigenvalue weighted by Gasteiger charge is -2.20. The normalized spacial score (nSPS) is 11.5. The van der Waals surface area contributed by atoms with Crippen molar-refractivity contribution in [2.75, 3.05) is 39.2 Å². The maximum atomic E-state index is 12.8. The molecule has 0 aliphatic carbocycles. The Kier molecular flexibility index (Phi) is 6.03. The van der Waals surface area contributed by atoms with Crippen molar-refractivity contribution in [3.05, 3.63) is 46.7 Å². The highest BCUT2D eigenvalue weighted by Crippen LogP contribution is 2.34. The Bertz CT molecular complexity index is 901. The molecule has 0 fully saturated rings. The van der Waals surface area contributed by atoms with Crippen LogP contribution in [0.3, 0.4) is 0 Å². The van der Waals surface area contributed by atoms with Gasteiger partial charge in [-0.3, -0.25) is 9.69 Å². The van der Waals surface area contributed by atoms with Crippen LogP contribution >= 0.6 is 22.7 Å². The van der Waals surface area contributed by atoms with E-state index in [0.717, 1.165) is 27.4 Å². The summed E-state index contributed by atoms with van der Waals surface area (Å²) in [4.78, 5) is 22.4. The molecule has 3 aromatic rings. The number of carbonyl (C=O) groups is 1. The van der Waals surface area contributed by atoms with Crippen LogP contribution in [0.5, 0.6) is 5.75 Å². The predicted molar refractivity (Wildman–Crippen MR) is 110 cm³/mol. The molecule has 0 saturated heterocycles. The highest BCUT2D eigenvalue weighted by atomic mass is 32.1. The van der Waals surface area contributed by atoms with Gasteiger partial charge in [-0.2, -0.15) is 0 Å². The summed E-state index contributed by atoms with van der Waals surface area (Å²) < 4.78 is 6.40. The summed E-state index contributed by atoms with van der Waals surface area (Å²) in [6.45, 7) is 1.33. The van der Waals surface area contributed by atoms with E-state index in [-0.39, 0.29) is 5.91 Å². The first-order valence-corrected chi connectivity index (χ1v) is 9.89. The number of ether oxygens (including phenoxy) is 1. The second kappa shape index (κ2) is 8.44. The van der Waals surface area contributed by atoms with Crippen molar-refractivity contribution in [2.24, 2.45) is 0 Å². The summed E-state index contributed by atoms with van der Waals surface area (Å²) in [5.74, 6) is 0.650. The molecule has 1 amide bonds.